The lowest BCUT2D eigenvalue weighted by Gasteiger charge is -2.24. The van der Waals surface area contributed by atoms with Crippen LogP contribution < -0.4 is 0 Å². The van der Waals surface area contributed by atoms with E-state index in [9.17, 15) is 13.2 Å². The average molecular weight is 193 g/mol. The van der Waals surface area contributed by atoms with Gasteiger partial charge in [-0.1, -0.05) is 6.92 Å². The number of amidine groups is 1. The molecule has 13 heavy (non-hydrogen) atoms. The highest BCUT2D eigenvalue weighted by atomic mass is 19.4. The highest BCUT2D eigenvalue weighted by Gasteiger charge is 2.40. The molecule has 0 aromatic rings. The van der Waals surface area contributed by atoms with Gasteiger partial charge < -0.3 is 4.90 Å². The molecule has 0 aliphatic carbocycles. The van der Waals surface area contributed by atoms with Crippen LogP contribution in [0.15, 0.2) is 10.2 Å². The second-order valence-corrected chi connectivity index (χ2v) is 2.80. The number of rotatable bonds is 1. The first-order valence-corrected chi connectivity index (χ1v) is 3.87. The fourth-order valence-electron chi connectivity index (χ4n) is 1.03. The van der Waals surface area contributed by atoms with Crippen LogP contribution in [-0.2, 0) is 0 Å². The number of hydrogen-bond donors (Lipinski definition) is 0. The van der Waals surface area contributed by atoms with Crippen molar-refractivity contribution in [1.82, 2.24) is 4.90 Å². The van der Waals surface area contributed by atoms with Gasteiger partial charge in [0.2, 0.25) is 5.84 Å². The summed E-state index contributed by atoms with van der Waals surface area (Å²) in [4.78, 5) is 1.06. The Bertz CT molecular complexity index is 254. The van der Waals surface area contributed by atoms with Crippen LogP contribution in [0.5, 0.6) is 0 Å². The third-order valence-electron chi connectivity index (χ3n) is 1.73. The first kappa shape index (κ1) is 10.0. The summed E-state index contributed by atoms with van der Waals surface area (Å²) in [5, 5.41) is 6.63. The van der Waals surface area contributed by atoms with Gasteiger partial charge in [-0.2, -0.15) is 18.3 Å². The lowest BCUT2D eigenvalue weighted by molar-refractivity contribution is -0.0677. The van der Waals surface area contributed by atoms with E-state index in [2.05, 4.69) is 10.2 Å². The normalized spacial score (nSPS) is 18.4. The Labute approximate surface area is 73.9 Å². The van der Waals surface area contributed by atoms with Crippen LogP contribution in [0.25, 0.3) is 0 Å². The van der Waals surface area contributed by atoms with Crippen LogP contribution in [0.1, 0.15) is 13.3 Å². The van der Waals surface area contributed by atoms with Gasteiger partial charge in [0, 0.05) is 7.05 Å². The third-order valence-corrected chi connectivity index (χ3v) is 1.73. The number of hydrogen-bond acceptors (Lipinski definition) is 3. The minimum atomic E-state index is -4.41. The lowest BCUT2D eigenvalue weighted by Crippen LogP contribution is -2.43. The van der Waals surface area contributed by atoms with Crippen LogP contribution in [0.3, 0.4) is 0 Å². The molecule has 0 N–H and O–H groups in total. The molecule has 1 heterocycles. The van der Waals surface area contributed by atoms with E-state index in [1.165, 1.54) is 7.05 Å². The third kappa shape index (κ3) is 2.19. The molecular formula is C7H10F3N3. The van der Waals surface area contributed by atoms with Crippen molar-refractivity contribution in [1.29, 1.82) is 0 Å². The molecule has 0 amide bonds. The molecule has 0 aromatic heterocycles. The first-order chi connectivity index (χ1) is 5.95. The van der Waals surface area contributed by atoms with Crippen molar-refractivity contribution < 1.29 is 13.2 Å². The molecule has 0 bridgehead atoms. The predicted molar refractivity (Wildman–Crippen MR) is 43.8 cm³/mol. The number of halogens is 3. The molecule has 74 valence electrons. The van der Waals surface area contributed by atoms with E-state index in [0.29, 0.717) is 12.1 Å². The molecule has 0 saturated carbocycles. The maximum atomic E-state index is 12.2. The molecule has 0 atom stereocenters. The molecule has 6 heteroatoms. The van der Waals surface area contributed by atoms with E-state index in [-0.39, 0.29) is 6.54 Å². The zero-order chi connectivity index (χ0) is 10.1. The summed E-state index contributed by atoms with van der Waals surface area (Å²) >= 11 is 0. The van der Waals surface area contributed by atoms with Crippen molar-refractivity contribution in [3.8, 4) is 0 Å². The van der Waals surface area contributed by atoms with Crippen molar-refractivity contribution in [3.05, 3.63) is 0 Å². The van der Waals surface area contributed by atoms with Gasteiger partial charge >= 0.3 is 6.18 Å². The van der Waals surface area contributed by atoms with Crippen LogP contribution in [0.4, 0.5) is 13.2 Å². The monoisotopic (exact) mass is 193 g/mol. The Morgan fingerprint density at radius 1 is 1.38 bits per heavy atom. The van der Waals surface area contributed by atoms with Gasteiger partial charge in [-0.25, -0.2) is 0 Å². The van der Waals surface area contributed by atoms with Crippen LogP contribution in [0, 0.1) is 0 Å². The van der Waals surface area contributed by atoms with E-state index in [1.54, 1.807) is 0 Å². The summed E-state index contributed by atoms with van der Waals surface area (Å²) in [5.74, 6) is -0.926. The molecule has 0 unspecified atom stereocenters. The standard InChI is InChI=1S/C7H10F3N3/c1-3-5-4-13(2)6(12-11-5)7(8,9)10/h3-4H2,1-2H3. The van der Waals surface area contributed by atoms with Crippen LogP contribution in [-0.4, -0.2) is 36.2 Å². The average Bonchev–Trinajstić information content (AvgIpc) is 2.01. The molecule has 0 radical (unpaired) electrons. The number of alkyl halides is 3. The maximum absolute atomic E-state index is 12.2. The zero-order valence-electron chi connectivity index (χ0n) is 7.39. The maximum Gasteiger partial charge on any atom is 0.451 e. The van der Waals surface area contributed by atoms with Gasteiger partial charge in [0.15, 0.2) is 0 Å². The predicted octanol–water partition coefficient (Wildman–Crippen LogP) is 1.66. The molecule has 1 aliphatic heterocycles. The van der Waals surface area contributed by atoms with Gasteiger partial charge in [0.1, 0.15) is 0 Å². The Morgan fingerprint density at radius 3 is 2.38 bits per heavy atom. The smallest absolute Gasteiger partial charge is 0.348 e. The van der Waals surface area contributed by atoms with Crippen LogP contribution in [0.2, 0.25) is 0 Å². The minimum Gasteiger partial charge on any atom is -0.348 e. The summed E-state index contributed by atoms with van der Waals surface area (Å²) < 4.78 is 36.5. The molecule has 0 fully saturated rings. The molecule has 0 aromatic carbocycles. The molecule has 0 saturated heterocycles. The van der Waals surface area contributed by atoms with Gasteiger partial charge in [-0.05, 0) is 6.42 Å². The Kier molecular flexibility index (Phi) is 2.58. The van der Waals surface area contributed by atoms with Crippen molar-refractivity contribution in [2.24, 2.45) is 10.2 Å². The SMILES string of the molecule is CCC1=NN=C(C(F)(F)F)N(C)C1. The van der Waals surface area contributed by atoms with E-state index < -0.39 is 12.0 Å². The lowest BCUT2D eigenvalue weighted by atomic mass is 10.2. The zero-order valence-corrected chi connectivity index (χ0v) is 7.39. The summed E-state index contributed by atoms with van der Waals surface area (Å²) in [7, 11) is 1.36. The van der Waals surface area contributed by atoms with Gasteiger partial charge in [-0.3, -0.25) is 0 Å². The van der Waals surface area contributed by atoms with E-state index in [0.717, 1.165) is 4.90 Å². The Hall–Kier alpha value is -1.07. The van der Waals surface area contributed by atoms with Gasteiger partial charge in [-0.15, -0.1) is 5.10 Å². The largest absolute Gasteiger partial charge is 0.451 e. The van der Waals surface area contributed by atoms with Crippen molar-refractivity contribution in [3.63, 3.8) is 0 Å². The van der Waals surface area contributed by atoms with E-state index in [1.807, 2.05) is 6.92 Å². The molecule has 1 rings (SSSR count). The highest BCUT2D eigenvalue weighted by molar-refractivity contribution is 5.96. The van der Waals surface area contributed by atoms with Gasteiger partial charge in [0.25, 0.3) is 0 Å². The molecule has 3 nitrogen and oxygen atoms in total. The summed E-state index contributed by atoms with van der Waals surface area (Å²) in [6.45, 7) is 2.04. The Balaban J connectivity index is 2.88. The van der Waals surface area contributed by atoms with Crippen LogP contribution >= 0.6 is 0 Å². The Morgan fingerprint density at radius 2 is 2.00 bits per heavy atom. The second-order valence-electron chi connectivity index (χ2n) is 2.80. The minimum absolute atomic E-state index is 0.203. The van der Waals surface area contributed by atoms with Crippen molar-refractivity contribution >= 4 is 11.5 Å². The second kappa shape index (κ2) is 3.35. The number of nitrogens with zero attached hydrogens (tertiary/aromatic N) is 3. The van der Waals surface area contributed by atoms with Crippen molar-refractivity contribution in [2.75, 3.05) is 13.6 Å². The van der Waals surface area contributed by atoms with E-state index in [4.69, 9.17) is 0 Å². The molecular weight excluding hydrogens is 183 g/mol. The topological polar surface area (TPSA) is 28.0 Å². The quantitative estimate of drug-likeness (QED) is 0.622. The molecule has 0 spiro atoms. The fourth-order valence-corrected chi connectivity index (χ4v) is 1.03. The van der Waals surface area contributed by atoms with Gasteiger partial charge in [0.05, 0.1) is 12.3 Å². The first-order valence-electron chi connectivity index (χ1n) is 3.87. The molecule has 1 aliphatic rings. The van der Waals surface area contributed by atoms with E-state index >= 15 is 0 Å². The summed E-state index contributed by atoms with van der Waals surface area (Å²) in [6, 6.07) is 0. The highest BCUT2D eigenvalue weighted by Crippen LogP contribution is 2.21. The van der Waals surface area contributed by atoms with Crippen molar-refractivity contribution in [2.45, 2.75) is 19.5 Å². The summed E-state index contributed by atoms with van der Waals surface area (Å²) in [6.07, 6.45) is -3.78. The summed E-state index contributed by atoms with van der Waals surface area (Å²) in [5.41, 5.74) is 0.663. The fraction of sp³-hybridized carbons (Fsp3) is 0.714.